The number of carbonyl (C=O) groups excluding carboxylic acids is 1. The maximum Gasteiger partial charge on any atom is 0.410 e. The van der Waals surface area contributed by atoms with Gasteiger partial charge in [-0.25, -0.2) is 9.18 Å². The lowest BCUT2D eigenvalue weighted by Crippen LogP contribution is -2.70. The molecule has 2 aliphatic heterocycles. The summed E-state index contributed by atoms with van der Waals surface area (Å²) in [7, 11) is 0. The van der Waals surface area contributed by atoms with Gasteiger partial charge in [-0.1, -0.05) is 72.6 Å². The van der Waals surface area contributed by atoms with Crippen molar-refractivity contribution >= 4 is 17.5 Å². The average molecular weight is 977 g/mol. The van der Waals surface area contributed by atoms with Crippen LogP contribution in [0.15, 0.2) is 127 Å². The van der Waals surface area contributed by atoms with E-state index < -0.39 is 34.6 Å². The normalized spacial score (nSPS) is 22.6. The van der Waals surface area contributed by atoms with Gasteiger partial charge in [0, 0.05) is 69.4 Å². The van der Waals surface area contributed by atoms with Crippen molar-refractivity contribution in [1.29, 1.82) is 0 Å². The van der Waals surface area contributed by atoms with Gasteiger partial charge < -0.3 is 38.7 Å². The van der Waals surface area contributed by atoms with Gasteiger partial charge in [-0.3, -0.25) is 19.9 Å². The SMILES string of the molecule is C=CCO[C@@]12Oc3ccc(OCCN4CC4)cc3[C@H]3[C@H](CCCCO)[C@@H](CCCCO)C=C(C(=NOCc4ccc([N+](=O)[O-])cc4)C[C@@H]1N(Cc1ccc(F)cc1)C(=O)OCCOCc1ccccc1)[C@H]32. The molecule has 2 fully saturated rings. The van der Waals surface area contributed by atoms with Gasteiger partial charge in [0.1, 0.15) is 43.2 Å². The number of hydrogen-bond acceptors (Lipinski definition) is 13. The highest BCUT2D eigenvalue weighted by Gasteiger charge is 2.65. The molecule has 0 aromatic heterocycles. The summed E-state index contributed by atoms with van der Waals surface area (Å²) in [6.07, 6.45) is 7.52. The highest BCUT2D eigenvalue weighted by Crippen LogP contribution is 2.62. The van der Waals surface area contributed by atoms with Crippen molar-refractivity contribution in [2.75, 3.05) is 59.3 Å². The summed E-state index contributed by atoms with van der Waals surface area (Å²) in [4.78, 5) is 36.1. The van der Waals surface area contributed by atoms with E-state index in [1.54, 1.807) is 35.2 Å². The molecule has 1 saturated heterocycles. The van der Waals surface area contributed by atoms with Gasteiger partial charge in [0.15, 0.2) is 0 Å². The quantitative estimate of drug-likeness (QED) is 0.0191. The molecule has 4 aliphatic rings. The number of nitro groups is 1. The first-order valence-electron chi connectivity index (χ1n) is 24.8. The first-order chi connectivity index (χ1) is 34.7. The zero-order valence-electron chi connectivity index (χ0n) is 40.2. The Hall–Kier alpha value is -6.17. The Labute approximate surface area is 414 Å². The lowest BCUT2D eigenvalue weighted by Gasteiger charge is -2.59. The van der Waals surface area contributed by atoms with E-state index in [9.17, 15) is 29.5 Å². The van der Waals surface area contributed by atoms with E-state index in [1.807, 2.05) is 42.5 Å². The van der Waals surface area contributed by atoms with Crippen molar-refractivity contribution < 1.29 is 52.8 Å². The molecule has 71 heavy (non-hydrogen) atoms. The van der Waals surface area contributed by atoms with Crippen LogP contribution in [0.5, 0.6) is 11.5 Å². The summed E-state index contributed by atoms with van der Waals surface area (Å²) < 4.78 is 47.4. The number of oxime groups is 1. The van der Waals surface area contributed by atoms with Crippen molar-refractivity contribution in [2.45, 2.75) is 82.5 Å². The lowest BCUT2D eigenvalue weighted by molar-refractivity contribution is -0.384. The van der Waals surface area contributed by atoms with E-state index in [2.05, 4.69) is 23.6 Å². The van der Waals surface area contributed by atoms with Crippen LogP contribution in [0.25, 0.3) is 0 Å². The number of allylic oxidation sites excluding steroid dienone is 1. The van der Waals surface area contributed by atoms with Gasteiger partial charge in [-0.2, -0.15) is 0 Å². The van der Waals surface area contributed by atoms with Crippen LogP contribution >= 0.6 is 0 Å². The summed E-state index contributed by atoms with van der Waals surface area (Å²) in [5.41, 5.74) is 4.51. The van der Waals surface area contributed by atoms with Crippen LogP contribution in [0, 0.1) is 33.7 Å². The molecule has 2 heterocycles. The standard InChI is InChI=1S/C55H65FN4O11/c1-2-29-69-55-51(59(36-39-14-18-43(56)19-15-39)54(63)68-32-31-66-37-40-10-4-3-5-11-40)35-49(57-70-38-41-16-20-44(21-17-41)60(64)65)47-33-42(12-6-8-27-61)46(13-7-9-28-62)52(53(47)55)48-34-45(22-23-50(48)71-55)67-30-26-58-24-25-58/h2-5,10-11,14-23,33-34,42,46,51-53,61-62H,1,6-9,12-13,24-32,35-38H2/t42-,46+,51-,52+,53+,55+/m0/s1. The summed E-state index contributed by atoms with van der Waals surface area (Å²) in [5.74, 6) is -1.73. The number of amides is 1. The maximum absolute atomic E-state index is 15.0. The van der Waals surface area contributed by atoms with Crippen molar-refractivity contribution in [1.82, 2.24) is 9.80 Å². The molecule has 378 valence electrons. The number of aliphatic hydroxyl groups excluding tert-OH is 2. The Morgan fingerprint density at radius 1 is 0.915 bits per heavy atom. The Morgan fingerprint density at radius 3 is 2.37 bits per heavy atom. The molecule has 8 rings (SSSR count). The van der Waals surface area contributed by atoms with E-state index in [0.717, 1.165) is 62.0 Å². The number of benzene rings is 4. The topological polar surface area (TPSA) is 175 Å². The molecule has 1 amide bonds. The fourth-order valence-corrected chi connectivity index (χ4v) is 10.3. The monoisotopic (exact) mass is 976 g/mol. The minimum atomic E-state index is -1.59. The summed E-state index contributed by atoms with van der Waals surface area (Å²) in [6, 6.07) is 26.7. The molecule has 0 radical (unpaired) electrons. The molecule has 2 N–H and O–H groups in total. The lowest BCUT2D eigenvalue weighted by atomic mass is 9.55. The Morgan fingerprint density at radius 2 is 1.65 bits per heavy atom. The third-order valence-electron chi connectivity index (χ3n) is 13.9. The number of ether oxygens (including phenoxy) is 5. The van der Waals surface area contributed by atoms with E-state index in [1.165, 1.54) is 24.3 Å². The van der Waals surface area contributed by atoms with Crippen molar-refractivity contribution in [3.05, 3.63) is 160 Å². The highest BCUT2D eigenvalue weighted by atomic mass is 19.1. The number of fused-ring (bicyclic) bond motifs is 2. The van der Waals surface area contributed by atoms with Crippen LogP contribution in [0.1, 0.15) is 73.1 Å². The molecule has 0 unspecified atom stereocenters. The minimum Gasteiger partial charge on any atom is -0.492 e. The molecule has 2 aliphatic carbocycles. The fraction of sp³-hybridized carbons (Fsp3) is 0.455. The summed E-state index contributed by atoms with van der Waals surface area (Å²) in [5, 5.41) is 36.4. The second kappa shape index (κ2) is 24.8. The molecular weight excluding hydrogens is 912 g/mol. The van der Waals surface area contributed by atoms with Crippen LogP contribution < -0.4 is 9.47 Å². The summed E-state index contributed by atoms with van der Waals surface area (Å²) in [6.45, 7) is 7.96. The highest BCUT2D eigenvalue weighted by molar-refractivity contribution is 6.03. The van der Waals surface area contributed by atoms with Crippen LogP contribution in [-0.2, 0) is 38.8 Å². The largest absolute Gasteiger partial charge is 0.492 e. The van der Waals surface area contributed by atoms with Crippen molar-refractivity contribution in [2.24, 2.45) is 22.9 Å². The number of hydrogen-bond donors (Lipinski definition) is 2. The average Bonchev–Trinajstić information content (AvgIpc) is 4.22. The number of nitro benzene ring substituents is 1. The van der Waals surface area contributed by atoms with E-state index in [-0.39, 0.29) is 76.0 Å². The van der Waals surface area contributed by atoms with Crippen LogP contribution in [0.2, 0.25) is 0 Å². The van der Waals surface area contributed by atoms with Gasteiger partial charge in [0.05, 0.1) is 36.4 Å². The van der Waals surface area contributed by atoms with Crippen molar-refractivity contribution in [3.63, 3.8) is 0 Å². The molecule has 16 heteroatoms. The first kappa shape index (κ1) is 51.2. The number of aliphatic hydroxyl groups is 2. The molecule has 15 nitrogen and oxygen atoms in total. The van der Waals surface area contributed by atoms with Crippen LogP contribution in [0.4, 0.5) is 14.9 Å². The summed E-state index contributed by atoms with van der Waals surface area (Å²) >= 11 is 0. The molecule has 0 bridgehead atoms. The van der Waals surface area contributed by atoms with Gasteiger partial charge in [0.2, 0.25) is 5.79 Å². The molecule has 4 aromatic rings. The number of carbonyl (C=O) groups is 1. The molecule has 6 atom stereocenters. The molecule has 0 spiro atoms. The zero-order valence-corrected chi connectivity index (χ0v) is 40.2. The third kappa shape index (κ3) is 12.8. The second-order valence-electron chi connectivity index (χ2n) is 18.6. The number of unbranched alkanes of at least 4 members (excludes halogenated alkanes) is 2. The minimum absolute atomic E-state index is 0.00284. The Kier molecular flexibility index (Phi) is 17.9. The number of non-ortho nitro benzene ring substituents is 1. The van der Waals surface area contributed by atoms with Gasteiger partial charge in [-0.05, 0) is 102 Å². The van der Waals surface area contributed by atoms with Gasteiger partial charge in [-0.15, -0.1) is 6.58 Å². The molecule has 4 aromatic carbocycles. The third-order valence-corrected chi connectivity index (χ3v) is 13.9. The number of nitrogens with zero attached hydrogens (tertiary/aromatic N) is 4. The first-order valence-corrected chi connectivity index (χ1v) is 24.8. The predicted octanol–water partition coefficient (Wildman–Crippen LogP) is 9.12. The van der Waals surface area contributed by atoms with E-state index in [4.69, 9.17) is 33.7 Å². The van der Waals surface area contributed by atoms with Gasteiger partial charge >= 0.3 is 6.09 Å². The molecule has 1 saturated carbocycles. The smallest absolute Gasteiger partial charge is 0.410 e. The number of halogens is 1. The second-order valence-corrected chi connectivity index (χ2v) is 18.6. The fourth-order valence-electron chi connectivity index (χ4n) is 10.3. The zero-order chi connectivity index (χ0) is 49.6. The predicted molar refractivity (Wildman–Crippen MR) is 264 cm³/mol. The molecular formula is C55H65FN4O11. The Bertz CT molecular complexity index is 2450. The van der Waals surface area contributed by atoms with E-state index >= 15 is 0 Å². The van der Waals surface area contributed by atoms with Gasteiger partial charge in [0.25, 0.3) is 5.69 Å². The van der Waals surface area contributed by atoms with Crippen LogP contribution in [-0.4, -0.2) is 108 Å². The number of rotatable bonds is 27. The van der Waals surface area contributed by atoms with Crippen LogP contribution in [0.3, 0.4) is 0 Å². The van der Waals surface area contributed by atoms with E-state index in [0.29, 0.717) is 54.4 Å². The Balaban J connectivity index is 1.25. The maximum atomic E-state index is 15.0. The van der Waals surface area contributed by atoms with Crippen molar-refractivity contribution in [3.8, 4) is 11.5 Å².